The summed E-state index contributed by atoms with van der Waals surface area (Å²) in [7, 11) is 1.42. The first-order chi connectivity index (χ1) is 10.1. The number of nitrogens with zero attached hydrogens (tertiary/aromatic N) is 1. The van der Waals surface area contributed by atoms with E-state index in [9.17, 15) is 14.5 Å². The van der Waals surface area contributed by atoms with Crippen LogP contribution in [0, 0.1) is 4.91 Å². The summed E-state index contributed by atoms with van der Waals surface area (Å²) in [5.74, 6) is -0.357. The third-order valence-corrected chi connectivity index (χ3v) is 3.21. The third-order valence-electron chi connectivity index (χ3n) is 2.39. The standard InChI is InChI=1S/C12H10N4O4S/c1-13-12(18)20-8-5-3-2-4-7(8)10(17)15-11-14-6-9(16-19)21-11/h2-6H,1H3,(H,13,18)(H,14,15,17)/p+1. The normalized spacial score (nSPS) is 9.76. The van der Waals surface area contributed by atoms with Crippen molar-refractivity contribution in [3.05, 3.63) is 40.9 Å². The van der Waals surface area contributed by atoms with E-state index in [-0.39, 0.29) is 16.3 Å². The van der Waals surface area contributed by atoms with Crippen LogP contribution in [-0.2, 0) is 0 Å². The van der Waals surface area contributed by atoms with E-state index in [1.807, 2.05) is 0 Å². The molecule has 0 aliphatic carbocycles. The number of carbonyl (C=O) groups is 2. The van der Waals surface area contributed by atoms with Gasteiger partial charge in [0, 0.05) is 7.05 Å². The Hall–Kier alpha value is -2.81. The molecule has 0 aliphatic rings. The molecule has 0 spiro atoms. The summed E-state index contributed by atoms with van der Waals surface area (Å²) < 4.78 is 4.99. The molecule has 3 N–H and O–H groups in total. The van der Waals surface area contributed by atoms with Crippen molar-refractivity contribution in [2.75, 3.05) is 12.4 Å². The minimum absolute atomic E-state index is 0.125. The summed E-state index contributed by atoms with van der Waals surface area (Å²) in [4.78, 5) is 36.4. The summed E-state index contributed by atoms with van der Waals surface area (Å²) in [6.45, 7) is 0. The van der Waals surface area contributed by atoms with Crippen LogP contribution in [0.5, 0.6) is 5.75 Å². The molecule has 0 saturated heterocycles. The number of aromatic nitrogens is 1. The molecule has 0 unspecified atom stereocenters. The second-order valence-electron chi connectivity index (χ2n) is 3.74. The van der Waals surface area contributed by atoms with Crippen LogP contribution in [0.25, 0.3) is 0 Å². The first-order valence-electron chi connectivity index (χ1n) is 5.79. The van der Waals surface area contributed by atoms with Gasteiger partial charge in [-0.1, -0.05) is 12.1 Å². The minimum Gasteiger partial charge on any atom is -0.409 e. The van der Waals surface area contributed by atoms with Gasteiger partial charge in [0.05, 0.1) is 0 Å². The maximum atomic E-state index is 12.2. The van der Waals surface area contributed by atoms with Crippen molar-refractivity contribution < 1.29 is 19.3 Å². The largest absolute Gasteiger partial charge is 0.412 e. The number of aromatic amines is 1. The molecule has 0 atom stereocenters. The van der Waals surface area contributed by atoms with Crippen molar-refractivity contribution in [2.45, 2.75) is 0 Å². The van der Waals surface area contributed by atoms with Crippen molar-refractivity contribution in [3.8, 4) is 5.75 Å². The molecule has 0 saturated carbocycles. The fraction of sp³-hybridized carbons (Fsp3) is 0.0833. The van der Waals surface area contributed by atoms with E-state index >= 15 is 0 Å². The van der Waals surface area contributed by atoms with Gasteiger partial charge in [-0.05, 0) is 28.6 Å². The van der Waals surface area contributed by atoms with E-state index in [2.05, 4.69) is 20.8 Å². The van der Waals surface area contributed by atoms with Gasteiger partial charge in [-0.25, -0.2) is 14.6 Å². The maximum absolute atomic E-state index is 12.2. The maximum Gasteiger partial charge on any atom is 0.412 e. The van der Waals surface area contributed by atoms with E-state index in [0.717, 1.165) is 11.3 Å². The Balaban J connectivity index is 2.18. The molecular formula is C12H11N4O4S+. The highest BCUT2D eigenvalue weighted by Crippen LogP contribution is 2.24. The van der Waals surface area contributed by atoms with Crippen LogP contribution in [0.4, 0.5) is 14.9 Å². The van der Waals surface area contributed by atoms with Gasteiger partial charge in [0.2, 0.25) is 5.00 Å². The van der Waals surface area contributed by atoms with Gasteiger partial charge < -0.3 is 10.1 Å². The highest BCUT2D eigenvalue weighted by atomic mass is 32.1. The minimum atomic E-state index is -0.676. The van der Waals surface area contributed by atoms with E-state index in [1.165, 1.54) is 25.4 Å². The number of benzene rings is 1. The van der Waals surface area contributed by atoms with Gasteiger partial charge in [0.1, 0.15) is 17.5 Å². The summed E-state index contributed by atoms with van der Waals surface area (Å²) >= 11 is 0.993. The number of para-hydroxylation sites is 1. The van der Waals surface area contributed by atoms with Crippen LogP contribution in [0.3, 0.4) is 0 Å². The number of thiazole rings is 1. The fourth-order valence-electron chi connectivity index (χ4n) is 1.46. The summed E-state index contributed by atoms with van der Waals surface area (Å²) in [6.07, 6.45) is 0.700. The Morgan fingerprint density at radius 3 is 2.76 bits per heavy atom. The van der Waals surface area contributed by atoms with Crippen LogP contribution in [0.15, 0.2) is 35.6 Å². The van der Waals surface area contributed by atoms with Crippen molar-refractivity contribution in [3.63, 3.8) is 0 Å². The number of anilines is 1. The van der Waals surface area contributed by atoms with Crippen molar-refractivity contribution >= 4 is 33.5 Å². The Morgan fingerprint density at radius 2 is 2.10 bits per heavy atom. The molecule has 2 aromatic rings. The number of nitroso groups, excluding NO2 is 1. The van der Waals surface area contributed by atoms with Crippen LogP contribution in [0.2, 0.25) is 0 Å². The number of hydrogen-bond acceptors (Lipinski definition) is 6. The molecule has 0 fully saturated rings. The SMILES string of the molecule is CNC(=O)Oc1ccccc1C(=O)Nc1[nH+]cc(N=O)s1. The predicted molar refractivity (Wildman–Crippen MR) is 75.8 cm³/mol. The Labute approximate surface area is 123 Å². The average Bonchev–Trinajstić information content (AvgIpc) is 2.95. The molecule has 0 bridgehead atoms. The lowest BCUT2D eigenvalue weighted by molar-refractivity contribution is -0.353. The molecule has 108 valence electrons. The zero-order valence-corrected chi connectivity index (χ0v) is 11.7. The molecular weight excluding hydrogens is 296 g/mol. The zero-order valence-electron chi connectivity index (χ0n) is 10.9. The molecule has 21 heavy (non-hydrogen) atoms. The molecule has 1 aromatic heterocycles. The van der Waals surface area contributed by atoms with Gasteiger partial charge in [-0.2, -0.15) is 5.32 Å². The Morgan fingerprint density at radius 1 is 1.33 bits per heavy atom. The quantitative estimate of drug-likeness (QED) is 0.840. The number of H-pyrrole nitrogens is 1. The first kappa shape index (κ1) is 14.6. The van der Waals surface area contributed by atoms with E-state index in [4.69, 9.17) is 4.74 Å². The molecule has 0 radical (unpaired) electrons. The summed E-state index contributed by atoms with van der Waals surface area (Å²) in [5.41, 5.74) is 0.184. The summed E-state index contributed by atoms with van der Waals surface area (Å²) in [6, 6.07) is 6.30. The summed E-state index contributed by atoms with van der Waals surface area (Å²) in [5, 5.41) is 8.16. The number of hydrogen-bond donors (Lipinski definition) is 2. The highest BCUT2D eigenvalue weighted by molar-refractivity contribution is 7.18. The number of carbonyl (C=O) groups excluding carboxylic acids is 2. The van der Waals surface area contributed by atoms with Gasteiger partial charge in [-0.15, -0.1) is 4.91 Å². The van der Waals surface area contributed by atoms with Crippen molar-refractivity contribution in [1.29, 1.82) is 0 Å². The van der Waals surface area contributed by atoms with Crippen molar-refractivity contribution in [2.24, 2.45) is 5.18 Å². The molecule has 0 aliphatic heterocycles. The molecule has 1 heterocycles. The number of ether oxygens (including phenoxy) is 1. The van der Waals surface area contributed by atoms with Gasteiger partial charge in [0.25, 0.3) is 0 Å². The van der Waals surface area contributed by atoms with E-state index in [0.29, 0.717) is 5.13 Å². The first-order valence-corrected chi connectivity index (χ1v) is 6.60. The van der Waals surface area contributed by atoms with Crippen molar-refractivity contribution in [1.82, 2.24) is 5.32 Å². The lowest BCUT2D eigenvalue weighted by Crippen LogP contribution is -2.24. The van der Waals surface area contributed by atoms with Gasteiger partial charge in [0.15, 0.2) is 0 Å². The average molecular weight is 307 g/mol. The van der Waals surface area contributed by atoms with Gasteiger partial charge >= 0.3 is 17.1 Å². The monoisotopic (exact) mass is 307 g/mol. The molecule has 8 nitrogen and oxygen atoms in total. The molecule has 9 heteroatoms. The molecule has 1 aromatic carbocycles. The van der Waals surface area contributed by atoms with Crippen LogP contribution >= 0.6 is 11.3 Å². The number of amides is 2. The van der Waals surface area contributed by atoms with Crippen LogP contribution in [0.1, 0.15) is 10.4 Å². The predicted octanol–water partition coefficient (Wildman–Crippen LogP) is 1.93. The van der Waals surface area contributed by atoms with Crippen LogP contribution in [-0.4, -0.2) is 19.0 Å². The third kappa shape index (κ3) is 3.60. The molecule has 2 amide bonds. The Bertz CT molecular complexity index is 685. The highest BCUT2D eigenvalue weighted by Gasteiger charge is 2.20. The fourth-order valence-corrected chi connectivity index (χ4v) is 2.09. The number of rotatable bonds is 4. The Kier molecular flexibility index (Phi) is 4.57. The van der Waals surface area contributed by atoms with E-state index in [1.54, 1.807) is 12.1 Å². The second kappa shape index (κ2) is 6.57. The van der Waals surface area contributed by atoms with Crippen LogP contribution < -0.4 is 20.4 Å². The molecule has 2 rings (SSSR count). The lowest BCUT2D eigenvalue weighted by atomic mass is 10.2. The zero-order chi connectivity index (χ0) is 15.2. The smallest absolute Gasteiger partial charge is 0.409 e. The van der Waals surface area contributed by atoms with Gasteiger partial charge in [-0.3, -0.25) is 0 Å². The lowest BCUT2D eigenvalue weighted by Gasteiger charge is -2.06. The van der Waals surface area contributed by atoms with E-state index < -0.39 is 12.0 Å². The topological polar surface area (TPSA) is 111 Å². The second-order valence-corrected chi connectivity index (χ2v) is 4.77. The number of nitrogens with one attached hydrogen (secondary N) is 3.